The molecule has 0 saturated carbocycles. The summed E-state index contributed by atoms with van der Waals surface area (Å²) in [6.07, 6.45) is -0.0359. The van der Waals surface area contributed by atoms with Crippen LogP contribution in [-0.4, -0.2) is 7.11 Å². The molecule has 0 radical (unpaired) electrons. The summed E-state index contributed by atoms with van der Waals surface area (Å²) in [5.41, 5.74) is 8.04. The van der Waals surface area contributed by atoms with Gasteiger partial charge in [-0.1, -0.05) is 36.4 Å². The van der Waals surface area contributed by atoms with Crippen molar-refractivity contribution in [1.29, 1.82) is 0 Å². The van der Waals surface area contributed by atoms with Crippen LogP contribution in [0.5, 0.6) is 11.5 Å². The van der Waals surface area contributed by atoms with Gasteiger partial charge in [-0.25, -0.2) is 0 Å². The SMILES string of the molecule is COc1cc(C(C)N)ccc1OC(C)c1ccccc1. The minimum absolute atomic E-state index is 0.0236. The van der Waals surface area contributed by atoms with E-state index in [1.165, 1.54) is 0 Å². The molecule has 106 valence electrons. The number of hydrogen-bond donors (Lipinski definition) is 1. The Morgan fingerprint density at radius 3 is 2.20 bits per heavy atom. The summed E-state index contributed by atoms with van der Waals surface area (Å²) in [7, 11) is 1.64. The number of nitrogens with two attached hydrogens (primary N) is 1. The first-order valence-electron chi connectivity index (χ1n) is 6.77. The second-order valence-electron chi connectivity index (χ2n) is 4.87. The van der Waals surface area contributed by atoms with Crippen molar-refractivity contribution in [3.8, 4) is 11.5 Å². The molecule has 2 rings (SSSR count). The molecule has 2 atom stereocenters. The van der Waals surface area contributed by atoms with Crippen molar-refractivity contribution in [2.75, 3.05) is 7.11 Å². The third kappa shape index (κ3) is 3.31. The van der Waals surface area contributed by atoms with Crippen LogP contribution in [0.25, 0.3) is 0 Å². The van der Waals surface area contributed by atoms with Gasteiger partial charge in [-0.05, 0) is 37.1 Å². The average Bonchev–Trinajstić information content (AvgIpc) is 2.48. The second kappa shape index (κ2) is 6.44. The van der Waals surface area contributed by atoms with Gasteiger partial charge in [-0.15, -0.1) is 0 Å². The maximum absolute atomic E-state index is 5.99. The molecule has 0 amide bonds. The molecule has 3 heteroatoms. The van der Waals surface area contributed by atoms with Crippen molar-refractivity contribution in [3.63, 3.8) is 0 Å². The van der Waals surface area contributed by atoms with Crippen LogP contribution in [0.1, 0.15) is 37.1 Å². The lowest BCUT2D eigenvalue weighted by Crippen LogP contribution is -2.07. The zero-order valence-electron chi connectivity index (χ0n) is 12.2. The summed E-state index contributed by atoms with van der Waals surface area (Å²) in [6.45, 7) is 3.97. The number of methoxy groups -OCH3 is 1. The van der Waals surface area contributed by atoms with Crippen LogP contribution in [0.3, 0.4) is 0 Å². The molecular weight excluding hydrogens is 250 g/mol. The van der Waals surface area contributed by atoms with E-state index >= 15 is 0 Å². The van der Waals surface area contributed by atoms with E-state index in [0.717, 1.165) is 16.9 Å². The molecule has 20 heavy (non-hydrogen) atoms. The highest BCUT2D eigenvalue weighted by Crippen LogP contribution is 2.33. The number of benzene rings is 2. The van der Waals surface area contributed by atoms with E-state index in [-0.39, 0.29) is 12.1 Å². The summed E-state index contributed by atoms with van der Waals surface area (Å²) in [5, 5.41) is 0. The predicted molar refractivity (Wildman–Crippen MR) is 81.1 cm³/mol. The standard InChI is InChI=1S/C17H21NO2/c1-12(18)15-9-10-16(17(11-15)19-3)20-13(2)14-7-5-4-6-8-14/h4-13H,18H2,1-3H3. The van der Waals surface area contributed by atoms with Gasteiger partial charge in [0.1, 0.15) is 6.10 Å². The van der Waals surface area contributed by atoms with E-state index in [4.69, 9.17) is 15.2 Å². The van der Waals surface area contributed by atoms with Gasteiger partial charge in [0, 0.05) is 6.04 Å². The molecule has 0 aliphatic carbocycles. The maximum Gasteiger partial charge on any atom is 0.162 e. The Morgan fingerprint density at radius 1 is 0.900 bits per heavy atom. The molecule has 0 fully saturated rings. The second-order valence-corrected chi connectivity index (χ2v) is 4.87. The fourth-order valence-electron chi connectivity index (χ4n) is 2.05. The zero-order valence-corrected chi connectivity index (χ0v) is 12.2. The van der Waals surface area contributed by atoms with Gasteiger partial charge in [0.05, 0.1) is 7.11 Å². The molecule has 0 aromatic heterocycles. The highest BCUT2D eigenvalue weighted by Gasteiger charge is 2.12. The van der Waals surface area contributed by atoms with Crippen molar-refractivity contribution >= 4 is 0 Å². The maximum atomic E-state index is 5.99. The third-order valence-electron chi connectivity index (χ3n) is 3.29. The quantitative estimate of drug-likeness (QED) is 0.898. The van der Waals surface area contributed by atoms with E-state index in [1.54, 1.807) is 7.11 Å². The van der Waals surface area contributed by atoms with Crippen LogP contribution < -0.4 is 15.2 Å². The third-order valence-corrected chi connectivity index (χ3v) is 3.29. The van der Waals surface area contributed by atoms with E-state index in [1.807, 2.05) is 62.4 Å². The first kappa shape index (κ1) is 14.4. The van der Waals surface area contributed by atoms with Crippen LogP contribution in [0.15, 0.2) is 48.5 Å². The van der Waals surface area contributed by atoms with Gasteiger partial charge in [0.2, 0.25) is 0 Å². The fourth-order valence-corrected chi connectivity index (χ4v) is 2.05. The highest BCUT2D eigenvalue weighted by molar-refractivity contribution is 5.44. The topological polar surface area (TPSA) is 44.5 Å². The average molecular weight is 271 g/mol. The fraction of sp³-hybridized carbons (Fsp3) is 0.294. The van der Waals surface area contributed by atoms with Gasteiger partial charge in [-0.3, -0.25) is 0 Å². The van der Waals surface area contributed by atoms with E-state index < -0.39 is 0 Å². The summed E-state index contributed by atoms with van der Waals surface area (Å²) in [4.78, 5) is 0. The lowest BCUT2D eigenvalue weighted by Gasteiger charge is -2.18. The highest BCUT2D eigenvalue weighted by atomic mass is 16.5. The Labute approximate surface area is 120 Å². The van der Waals surface area contributed by atoms with Crippen LogP contribution in [0.2, 0.25) is 0 Å². The molecule has 0 saturated heterocycles. The Bertz CT molecular complexity index is 552. The van der Waals surface area contributed by atoms with Crippen LogP contribution >= 0.6 is 0 Å². The van der Waals surface area contributed by atoms with Gasteiger partial charge >= 0.3 is 0 Å². The van der Waals surface area contributed by atoms with Crippen molar-refractivity contribution in [3.05, 3.63) is 59.7 Å². The van der Waals surface area contributed by atoms with E-state index in [9.17, 15) is 0 Å². The lowest BCUT2D eigenvalue weighted by molar-refractivity contribution is 0.216. The Balaban J connectivity index is 2.21. The molecule has 2 N–H and O–H groups in total. The molecule has 0 aliphatic heterocycles. The van der Waals surface area contributed by atoms with E-state index in [0.29, 0.717) is 5.75 Å². The van der Waals surface area contributed by atoms with Crippen molar-refractivity contribution in [1.82, 2.24) is 0 Å². The smallest absolute Gasteiger partial charge is 0.162 e. The minimum atomic E-state index is -0.0359. The first-order chi connectivity index (χ1) is 9.61. The molecule has 2 unspecified atom stereocenters. The van der Waals surface area contributed by atoms with Crippen LogP contribution in [-0.2, 0) is 0 Å². The molecule has 0 aliphatic rings. The zero-order chi connectivity index (χ0) is 14.5. The van der Waals surface area contributed by atoms with Crippen LogP contribution in [0, 0.1) is 0 Å². The van der Waals surface area contributed by atoms with Crippen molar-refractivity contribution < 1.29 is 9.47 Å². The van der Waals surface area contributed by atoms with Gasteiger partial charge in [0.25, 0.3) is 0 Å². The summed E-state index contributed by atoms with van der Waals surface area (Å²) >= 11 is 0. The van der Waals surface area contributed by atoms with Gasteiger partial charge in [0.15, 0.2) is 11.5 Å². The number of rotatable bonds is 5. The Morgan fingerprint density at radius 2 is 1.60 bits per heavy atom. The van der Waals surface area contributed by atoms with E-state index in [2.05, 4.69) is 0 Å². The molecular formula is C17H21NO2. The first-order valence-corrected chi connectivity index (χ1v) is 6.77. The normalized spacial score (nSPS) is 13.6. The van der Waals surface area contributed by atoms with Gasteiger partial charge in [-0.2, -0.15) is 0 Å². The Kier molecular flexibility index (Phi) is 4.64. The van der Waals surface area contributed by atoms with Crippen LogP contribution in [0.4, 0.5) is 0 Å². The van der Waals surface area contributed by atoms with Gasteiger partial charge < -0.3 is 15.2 Å². The summed E-state index contributed by atoms with van der Waals surface area (Å²) < 4.78 is 11.4. The molecule has 0 bridgehead atoms. The molecule has 0 heterocycles. The number of ether oxygens (including phenoxy) is 2. The molecule has 2 aromatic carbocycles. The van der Waals surface area contributed by atoms with Crippen molar-refractivity contribution in [2.45, 2.75) is 26.0 Å². The monoisotopic (exact) mass is 271 g/mol. The molecule has 2 aromatic rings. The summed E-state index contributed by atoms with van der Waals surface area (Å²) in [6, 6.07) is 15.9. The van der Waals surface area contributed by atoms with Crippen molar-refractivity contribution in [2.24, 2.45) is 5.73 Å². The largest absolute Gasteiger partial charge is 0.493 e. The Hall–Kier alpha value is -2.00. The molecule has 3 nitrogen and oxygen atoms in total. The molecule has 0 spiro atoms. The minimum Gasteiger partial charge on any atom is -0.493 e. The lowest BCUT2D eigenvalue weighted by atomic mass is 10.1. The summed E-state index contributed by atoms with van der Waals surface area (Å²) in [5.74, 6) is 1.44. The predicted octanol–water partition coefficient (Wildman–Crippen LogP) is 3.85. The number of hydrogen-bond acceptors (Lipinski definition) is 3.